The molecule has 1 aromatic heterocycles. The Kier molecular flexibility index (Phi) is 4.53. The molecule has 0 radical (unpaired) electrons. The lowest BCUT2D eigenvalue weighted by Gasteiger charge is -2.15. The summed E-state index contributed by atoms with van der Waals surface area (Å²) in [6.07, 6.45) is 4.92. The van der Waals surface area contributed by atoms with Crippen molar-refractivity contribution in [3.63, 3.8) is 0 Å². The molecule has 5 nitrogen and oxygen atoms in total. The zero-order chi connectivity index (χ0) is 15.4. The molecule has 0 bridgehead atoms. The van der Waals surface area contributed by atoms with Crippen molar-refractivity contribution in [2.45, 2.75) is 31.7 Å². The first-order valence-corrected chi connectivity index (χ1v) is 7.76. The second-order valence-corrected chi connectivity index (χ2v) is 5.73. The first kappa shape index (κ1) is 14.8. The van der Waals surface area contributed by atoms with Crippen LogP contribution in [0.4, 0.5) is 0 Å². The number of hydrogen-bond donors (Lipinski definition) is 2. The van der Waals surface area contributed by atoms with Gasteiger partial charge < -0.3 is 15.5 Å². The van der Waals surface area contributed by atoms with Crippen molar-refractivity contribution in [1.82, 2.24) is 10.3 Å². The van der Waals surface area contributed by atoms with Crippen LogP contribution in [0, 0.1) is 5.92 Å². The molecule has 1 saturated carbocycles. The number of nitrogens with one attached hydrogen (secondary N) is 1. The van der Waals surface area contributed by atoms with Crippen LogP contribution in [-0.4, -0.2) is 23.5 Å². The number of carbonyl (C=O) groups excluding carboxylic acids is 1. The van der Waals surface area contributed by atoms with E-state index in [9.17, 15) is 4.79 Å². The summed E-state index contributed by atoms with van der Waals surface area (Å²) in [5.74, 6) is 1.90. The van der Waals surface area contributed by atoms with Gasteiger partial charge in [0, 0.05) is 31.0 Å². The van der Waals surface area contributed by atoms with Gasteiger partial charge in [-0.3, -0.25) is 4.79 Å². The van der Waals surface area contributed by atoms with Crippen LogP contribution in [0.2, 0.25) is 0 Å². The normalized spacial score (nSPS) is 15.5. The topological polar surface area (TPSA) is 81.1 Å². The summed E-state index contributed by atoms with van der Waals surface area (Å²) in [6.45, 7) is 0.508. The molecule has 3 rings (SSSR count). The third kappa shape index (κ3) is 3.74. The Hall–Kier alpha value is -2.14. The summed E-state index contributed by atoms with van der Waals surface area (Å²) in [5.41, 5.74) is 6.68. The standard InChI is InChI=1S/C17H21N3O2/c18-10-14(12-6-7-12)20-16(21)8-9-17-19-11-15(22-17)13-4-2-1-3-5-13/h1-5,11-12,14H,6-10,18H2,(H,20,21). The molecule has 1 atom stereocenters. The highest BCUT2D eigenvalue weighted by Gasteiger charge is 2.31. The smallest absolute Gasteiger partial charge is 0.220 e. The Balaban J connectivity index is 1.51. The van der Waals surface area contributed by atoms with Gasteiger partial charge in [-0.25, -0.2) is 4.98 Å². The van der Waals surface area contributed by atoms with E-state index in [1.165, 1.54) is 12.8 Å². The third-order valence-electron chi connectivity index (χ3n) is 3.97. The van der Waals surface area contributed by atoms with E-state index in [2.05, 4.69) is 10.3 Å². The van der Waals surface area contributed by atoms with Crippen molar-refractivity contribution >= 4 is 5.91 Å². The van der Waals surface area contributed by atoms with Gasteiger partial charge in [0.05, 0.1) is 6.20 Å². The number of nitrogens with zero attached hydrogens (tertiary/aromatic N) is 1. The number of amides is 1. The second-order valence-electron chi connectivity index (χ2n) is 5.73. The Morgan fingerprint density at radius 3 is 2.82 bits per heavy atom. The molecule has 1 aliphatic rings. The number of hydrogen-bond acceptors (Lipinski definition) is 4. The largest absolute Gasteiger partial charge is 0.441 e. The number of nitrogens with two attached hydrogens (primary N) is 1. The highest BCUT2D eigenvalue weighted by atomic mass is 16.4. The fourth-order valence-electron chi connectivity index (χ4n) is 2.53. The van der Waals surface area contributed by atoms with Crippen molar-refractivity contribution in [1.29, 1.82) is 0 Å². The van der Waals surface area contributed by atoms with Gasteiger partial charge in [-0.15, -0.1) is 0 Å². The molecule has 2 aromatic rings. The van der Waals surface area contributed by atoms with Gasteiger partial charge in [-0.05, 0) is 18.8 Å². The van der Waals surface area contributed by atoms with E-state index < -0.39 is 0 Å². The van der Waals surface area contributed by atoms with Crippen molar-refractivity contribution in [3.05, 3.63) is 42.4 Å². The highest BCUT2D eigenvalue weighted by molar-refractivity contribution is 5.76. The van der Waals surface area contributed by atoms with Crippen LogP contribution >= 0.6 is 0 Å². The minimum absolute atomic E-state index is 0.0156. The van der Waals surface area contributed by atoms with Gasteiger partial charge in [0.1, 0.15) is 0 Å². The summed E-state index contributed by atoms with van der Waals surface area (Å²) in [4.78, 5) is 16.2. The first-order chi connectivity index (χ1) is 10.8. The van der Waals surface area contributed by atoms with Crippen LogP contribution in [-0.2, 0) is 11.2 Å². The van der Waals surface area contributed by atoms with Gasteiger partial charge in [-0.2, -0.15) is 0 Å². The second kappa shape index (κ2) is 6.75. The van der Waals surface area contributed by atoms with Crippen LogP contribution in [0.15, 0.2) is 40.9 Å². The number of carbonyl (C=O) groups is 1. The molecule has 0 spiro atoms. The average molecular weight is 299 g/mol. The zero-order valence-electron chi connectivity index (χ0n) is 12.5. The lowest BCUT2D eigenvalue weighted by molar-refractivity contribution is -0.121. The fraction of sp³-hybridized carbons (Fsp3) is 0.412. The van der Waals surface area contributed by atoms with Gasteiger partial charge in [0.2, 0.25) is 5.91 Å². The maximum absolute atomic E-state index is 12.0. The Morgan fingerprint density at radius 2 is 2.14 bits per heavy atom. The number of aryl methyl sites for hydroxylation is 1. The van der Waals surface area contributed by atoms with Crippen molar-refractivity contribution in [2.24, 2.45) is 11.7 Å². The summed E-state index contributed by atoms with van der Waals surface area (Å²) in [6, 6.07) is 9.93. The van der Waals surface area contributed by atoms with Crippen molar-refractivity contribution < 1.29 is 9.21 Å². The van der Waals surface area contributed by atoms with E-state index in [1.54, 1.807) is 6.20 Å². The Morgan fingerprint density at radius 1 is 1.36 bits per heavy atom. The maximum atomic E-state index is 12.0. The number of benzene rings is 1. The summed E-state index contributed by atoms with van der Waals surface area (Å²) >= 11 is 0. The van der Waals surface area contributed by atoms with E-state index >= 15 is 0 Å². The fourth-order valence-corrected chi connectivity index (χ4v) is 2.53. The highest BCUT2D eigenvalue weighted by Crippen LogP contribution is 2.32. The van der Waals surface area contributed by atoms with Crippen LogP contribution < -0.4 is 11.1 Å². The lowest BCUT2D eigenvalue weighted by Crippen LogP contribution is -2.41. The molecule has 5 heteroatoms. The van der Waals surface area contributed by atoms with Crippen molar-refractivity contribution in [2.75, 3.05) is 6.54 Å². The molecular formula is C17H21N3O2. The molecule has 116 valence electrons. The van der Waals surface area contributed by atoms with Crippen molar-refractivity contribution in [3.8, 4) is 11.3 Å². The summed E-state index contributed by atoms with van der Waals surface area (Å²) in [7, 11) is 0. The van der Waals surface area contributed by atoms with E-state index in [0.717, 1.165) is 11.3 Å². The number of rotatable bonds is 7. The molecule has 1 aliphatic carbocycles. The molecule has 1 amide bonds. The predicted molar refractivity (Wildman–Crippen MR) is 84.0 cm³/mol. The van der Waals surface area contributed by atoms with Gasteiger partial charge >= 0.3 is 0 Å². The van der Waals surface area contributed by atoms with Crippen LogP contribution in [0.3, 0.4) is 0 Å². The number of aromatic nitrogens is 1. The SMILES string of the molecule is NCC(NC(=O)CCc1ncc(-c2ccccc2)o1)C1CC1. The molecule has 1 fully saturated rings. The average Bonchev–Trinajstić information content (AvgIpc) is 3.29. The molecular weight excluding hydrogens is 278 g/mol. The van der Waals surface area contributed by atoms with E-state index in [1.807, 2.05) is 30.3 Å². The molecule has 1 aromatic carbocycles. The first-order valence-electron chi connectivity index (χ1n) is 7.76. The Bertz CT molecular complexity index is 620. The van der Waals surface area contributed by atoms with E-state index in [4.69, 9.17) is 10.2 Å². The van der Waals surface area contributed by atoms with Crippen LogP contribution in [0.1, 0.15) is 25.2 Å². The van der Waals surface area contributed by atoms with Gasteiger partial charge in [0.25, 0.3) is 0 Å². The molecule has 3 N–H and O–H groups in total. The molecule has 1 unspecified atom stereocenters. The zero-order valence-corrected chi connectivity index (χ0v) is 12.5. The third-order valence-corrected chi connectivity index (χ3v) is 3.97. The van der Waals surface area contributed by atoms with E-state index in [0.29, 0.717) is 31.2 Å². The predicted octanol–water partition coefficient (Wildman–Crippen LogP) is 2.13. The molecule has 0 saturated heterocycles. The van der Waals surface area contributed by atoms with E-state index in [-0.39, 0.29) is 11.9 Å². The maximum Gasteiger partial charge on any atom is 0.220 e. The Labute approximate surface area is 129 Å². The van der Waals surface area contributed by atoms with Crippen LogP contribution in [0.25, 0.3) is 11.3 Å². The summed E-state index contributed by atoms with van der Waals surface area (Å²) < 4.78 is 5.70. The van der Waals surface area contributed by atoms with Gasteiger partial charge in [-0.1, -0.05) is 30.3 Å². The monoisotopic (exact) mass is 299 g/mol. The quantitative estimate of drug-likeness (QED) is 0.820. The molecule has 1 heterocycles. The minimum Gasteiger partial charge on any atom is -0.441 e. The lowest BCUT2D eigenvalue weighted by atomic mass is 10.1. The van der Waals surface area contributed by atoms with Crippen LogP contribution in [0.5, 0.6) is 0 Å². The number of oxazole rings is 1. The summed E-state index contributed by atoms with van der Waals surface area (Å²) in [5, 5.41) is 3.00. The van der Waals surface area contributed by atoms with Gasteiger partial charge in [0.15, 0.2) is 11.7 Å². The molecule has 0 aliphatic heterocycles. The molecule has 22 heavy (non-hydrogen) atoms. The minimum atomic E-state index is 0.0156.